The molecule has 7 aromatic rings. The molecule has 0 saturated heterocycles. The van der Waals surface area contributed by atoms with Gasteiger partial charge in [0.1, 0.15) is 0 Å². The van der Waals surface area contributed by atoms with Crippen LogP contribution in [-0.4, -0.2) is 0 Å². The Labute approximate surface area is 250 Å². The molecule has 3 nitrogen and oxygen atoms in total. The van der Waals surface area contributed by atoms with Crippen molar-refractivity contribution < 1.29 is 0 Å². The first kappa shape index (κ1) is 25.8. The van der Waals surface area contributed by atoms with Crippen LogP contribution in [0.5, 0.6) is 0 Å². The fourth-order valence-corrected chi connectivity index (χ4v) is 5.66. The van der Waals surface area contributed by atoms with Gasteiger partial charge in [-0.25, -0.2) is 0 Å². The number of nitriles is 2. The number of rotatable bonds is 5. The molecule has 0 fully saturated rings. The zero-order valence-electron chi connectivity index (χ0n) is 23.3. The van der Waals surface area contributed by atoms with E-state index in [0.29, 0.717) is 11.1 Å². The monoisotopic (exact) mass is 547 g/mol. The maximum Gasteiger partial charge on any atom is 0.0992 e. The lowest BCUT2D eigenvalue weighted by Crippen LogP contribution is -2.10. The van der Waals surface area contributed by atoms with Crippen molar-refractivity contribution >= 4 is 38.6 Å². The van der Waals surface area contributed by atoms with Gasteiger partial charge in [0.05, 0.1) is 23.3 Å². The maximum absolute atomic E-state index is 9.70. The normalized spacial score (nSPS) is 10.7. The number of nitrogens with zero attached hydrogens (tertiary/aromatic N) is 3. The van der Waals surface area contributed by atoms with Crippen LogP contribution in [0.3, 0.4) is 0 Å². The van der Waals surface area contributed by atoms with E-state index in [4.69, 9.17) is 0 Å². The largest absolute Gasteiger partial charge is 0.310 e. The lowest BCUT2D eigenvalue weighted by molar-refractivity contribution is 1.27. The Hall–Kier alpha value is -6.16. The first-order valence-corrected chi connectivity index (χ1v) is 14.1. The van der Waals surface area contributed by atoms with E-state index in [0.717, 1.165) is 39.3 Å². The molecule has 0 bridgehead atoms. The van der Waals surface area contributed by atoms with Gasteiger partial charge in [-0.1, -0.05) is 97.1 Å². The van der Waals surface area contributed by atoms with Crippen LogP contribution in [-0.2, 0) is 0 Å². The van der Waals surface area contributed by atoms with Crippen molar-refractivity contribution in [2.24, 2.45) is 0 Å². The molecule has 0 atom stereocenters. The predicted molar refractivity (Wildman–Crippen MR) is 176 cm³/mol. The van der Waals surface area contributed by atoms with E-state index in [9.17, 15) is 10.5 Å². The number of hydrogen-bond donors (Lipinski definition) is 0. The highest BCUT2D eigenvalue weighted by atomic mass is 15.1. The molecule has 0 aromatic heterocycles. The van der Waals surface area contributed by atoms with E-state index in [1.54, 1.807) is 6.07 Å². The molecule has 0 saturated carbocycles. The molecule has 7 rings (SSSR count). The number of benzene rings is 7. The van der Waals surface area contributed by atoms with E-state index in [2.05, 4.69) is 150 Å². The molecule has 43 heavy (non-hydrogen) atoms. The van der Waals surface area contributed by atoms with E-state index < -0.39 is 0 Å². The van der Waals surface area contributed by atoms with Crippen LogP contribution in [0, 0.1) is 22.7 Å². The highest BCUT2D eigenvalue weighted by Gasteiger charge is 2.15. The first-order chi connectivity index (χ1) is 21.2. The summed E-state index contributed by atoms with van der Waals surface area (Å²) in [6.45, 7) is 0. The summed E-state index contributed by atoms with van der Waals surface area (Å²) in [5.41, 5.74) is 8.04. The van der Waals surface area contributed by atoms with Gasteiger partial charge >= 0.3 is 0 Å². The molecule has 0 spiro atoms. The second-order valence-corrected chi connectivity index (χ2v) is 10.5. The molecule has 7 aromatic carbocycles. The summed E-state index contributed by atoms with van der Waals surface area (Å²) in [5.74, 6) is 0. The van der Waals surface area contributed by atoms with Gasteiger partial charge in [-0.3, -0.25) is 0 Å². The molecule has 0 unspecified atom stereocenters. The van der Waals surface area contributed by atoms with Gasteiger partial charge in [-0.2, -0.15) is 10.5 Å². The van der Waals surface area contributed by atoms with Gasteiger partial charge in [0, 0.05) is 17.1 Å². The summed E-state index contributed by atoms with van der Waals surface area (Å²) in [5, 5.41) is 24.2. The molecule has 0 N–H and O–H groups in total. The lowest BCUT2D eigenvalue weighted by Gasteiger charge is -2.26. The fourth-order valence-electron chi connectivity index (χ4n) is 5.66. The van der Waals surface area contributed by atoms with Crippen LogP contribution < -0.4 is 4.90 Å². The van der Waals surface area contributed by atoms with E-state index in [1.165, 1.54) is 21.5 Å². The average molecular weight is 548 g/mol. The van der Waals surface area contributed by atoms with E-state index >= 15 is 0 Å². The Bertz CT molecular complexity index is 2040. The van der Waals surface area contributed by atoms with Gasteiger partial charge in [0.2, 0.25) is 0 Å². The lowest BCUT2D eigenvalue weighted by atomic mass is 10.00. The SMILES string of the molecule is N#Cc1cc(C#N)cc(N(c2ccc(-c3ccc4ccccc4c3)cc2)c2ccc(-c3ccc4ccccc4c3)cc2)c1. The Morgan fingerprint density at radius 2 is 0.744 bits per heavy atom. The van der Waals surface area contributed by atoms with E-state index in [-0.39, 0.29) is 0 Å². The van der Waals surface area contributed by atoms with Crippen LogP contribution >= 0.6 is 0 Å². The summed E-state index contributed by atoms with van der Waals surface area (Å²) in [6.07, 6.45) is 0. The average Bonchev–Trinajstić information content (AvgIpc) is 3.08. The maximum atomic E-state index is 9.70. The zero-order chi connectivity index (χ0) is 29.2. The third-order valence-electron chi connectivity index (χ3n) is 7.85. The van der Waals surface area contributed by atoms with Gasteiger partial charge in [0.25, 0.3) is 0 Å². The Morgan fingerprint density at radius 1 is 0.349 bits per heavy atom. The van der Waals surface area contributed by atoms with Crippen molar-refractivity contribution in [2.75, 3.05) is 4.90 Å². The number of fused-ring (bicyclic) bond motifs is 2. The third kappa shape index (κ3) is 5.08. The van der Waals surface area contributed by atoms with Gasteiger partial charge in [-0.05, 0) is 98.4 Å². The molecular weight excluding hydrogens is 522 g/mol. The summed E-state index contributed by atoms with van der Waals surface area (Å²) in [7, 11) is 0. The fraction of sp³-hybridized carbons (Fsp3) is 0. The standard InChI is InChI=1S/C40H25N3/c41-26-28-21-29(27-42)23-40(22-28)43(38-17-13-32(14-18-38)36-11-9-30-5-1-3-7-34(30)24-36)39-19-15-33(16-20-39)37-12-10-31-6-2-4-8-35(31)25-37/h1-25H. The van der Waals surface area contributed by atoms with Crippen molar-refractivity contribution in [3.8, 4) is 34.4 Å². The molecule has 0 aliphatic heterocycles. The Morgan fingerprint density at radius 3 is 1.16 bits per heavy atom. The van der Waals surface area contributed by atoms with Crippen LogP contribution in [0.25, 0.3) is 43.8 Å². The molecule has 0 amide bonds. The molecule has 0 heterocycles. The second kappa shape index (κ2) is 11.0. The van der Waals surface area contributed by atoms with Crippen molar-refractivity contribution in [1.82, 2.24) is 0 Å². The Balaban J connectivity index is 1.29. The molecular formula is C40H25N3. The van der Waals surface area contributed by atoms with Crippen molar-refractivity contribution in [2.45, 2.75) is 0 Å². The topological polar surface area (TPSA) is 50.8 Å². The first-order valence-electron chi connectivity index (χ1n) is 14.1. The number of anilines is 3. The molecule has 3 heteroatoms. The van der Waals surface area contributed by atoms with Gasteiger partial charge in [-0.15, -0.1) is 0 Å². The second-order valence-electron chi connectivity index (χ2n) is 10.5. The van der Waals surface area contributed by atoms with Gasteiger partial charge in [0.15, 0.2) is 0 Å². The Kier molecular flexibility index (Phi) is 6.61. The number of hydrogen-bond acceptors (Lipinski definition) is 3. The molecule has 0 aliphatic carbocycles. The minimum Gasteiger partial charge on any atom is -0.310 e. The summed E-state index contributed by atoms with van der Waals surface area (Å²) in [6, 6.07) is 56.3. The predicted octanol–water partition coefficient (Wildman–Crippen LogP) is 10.5. The van der Waals surface area contributed by atoms with Crippen molar-refractivity contribution in [1.29, 1.82) is 10.5 Å². The van der Waals surface area contributed by atoms with Crippen molar-refractivity contribution in [3.63, 3.8) is 0 Å². The third-order valence-corrected chi connectivity index (χ3v) is 7.85. The highest BCUT2D eigenvalue weighted by molar-refractivity contribution is 5.89. The summed E-state index contributed by atoms with van der Waals surface area (Å²) >= 11 is 0. The van der Waals surface area contributed by atoms with Crippen LogP contribution in [0.1, 0.15) is 11.1 Å². The van der Waals surface area contributed by atoms with Crippen LogP contribution in [0.2, 0.25) is 0 Å². The minimum absolute atomic E-state index is 0.444. The molecule has 0 aliphatic rings. The zero-order valence-corrected chi connectivity index (χ0v) is 23.3. The van der Waals surface area contributed by atoms with Gasteiger partial charge < -0.3 is 4.90 Å². The van der Waals surface area contributed by atoms with Crippen LogP contribution in [0.4, 0.5) is 17.1 Å². The van der Waals surface area contributed by atoms with Crippen molar-refractivity contribution in [3.05, 3.63) is 163 Å². The summed E-state index contributed by atoms with van der Waals surface area (Å²) < 4.78 is 0. The molecule has 0 radical (unpaired) electrons. The molecule has 200 valence electrons. The quantitative estimate of drug-likeness (QED) is 0.215. The highest BCUT2D eigenvalue weighted by Crippen LogP contribution is 2.38. The smallest absolute Gasteiger partial charge is 0.0992 e. The van der Waals surface area contributed by atoms with Crippen LogP contribution in [0.15, 0.2) is 152 Å². The summed E-state index contributed by atoms with van der Waals surface area (Å²) in [4.78, 5) is 2.09. The minimum atomic E-state index is 0.444. The van der Waals surface area contributed by atoms with E-state index in [1.807, 2.05) is 12.1 Å².